The molecular weight excluding hydrogens is 180 g/mol. The molecule has 14 heavy (non-hydrogen) atoms. The van der Waals surface area contributed by atoms with E-state index in [1.165, 1.54) is 0 Å². The van der Waals surface area contributed by atoms with Gasteiger partial charge in [-0.3, -0.25) is 0 Å². The van der Waals surface area contributed by atoms with E-state index in [9.17, 15) is 0 Å². The molecule has 78 valence electrons. The Morgan fingerprint density at radius 2 is 2.21 bits per heavy atom. The molecule has 0 aromatic carbocycles. The molecule has 0 bridgehead atoms. The predicted octanol–water partition coefficient (Wildman–Crippen LogP) is 1.47. The Kier molecular flexibility index (Phi) is 4.78. The maximum Gasteiger partial charge on any atom is 0.166 e. The summed E-state index contributed by atoms with van der Waals surface area (Å²) in [6, 6.07) is 3.58. The van der Waals surface area contributed by atoms with Gasteiger partial charge in [0.15, 0.2) is 11.6 Å². The van der Waals surface area contributed by atoms with Crippen LogP contribution < -0.4 is 10.5 Å². The molecule has 0 saturated heterocycles. The van der Waals surface area contributed by atoms with Crippen LogP contribution in [0.2, 0.25) is 0 Å². The molecule has 0 aliphatic rings. The molecular formula is C10H16N2O2. The molecule has 4 nitrogen and oxygen atoms in total. The average molecular weight is 196 g/mol. The number of rotatable bonds is 6. The van der Waals surface area contributed by atoms with Crippen molar-refractivity contribution in [3.05, 3.63) is 18.3 Å². The van der Waals surface area contributed by atoms with Gasteiger partial charge in [-0.05, 0) is 18.6 Å². The van der Waals surface area contributed by atoms with E-state index in [0.717, 1.165) is 13.0 Å². The highest BCUT2D eigenvalue weighted by atomic mass is 16.5. The molecule has 0 fully saturated rings. The number of aromatic nitrogens is 1. The summed E-state index contributed by atoms with van der Waals surface area (Å²) in [6.45, 7) is 3.93. The minimum Gasteiger partial charge on any atom is -0.487 e. The van der Waals surface area contributed by atoms with Crippen LogP contribution in [0, 0.1) is 0 Å². The van der Waals surface area contributed by atoms with Crippen molar-refractivity contribution in [2.75, 3.05) is 25.6 Å². The Balaban J connectivity index is 2.21. The fraction of sp³-hybridized carbons (Fsp3) is 0.500. The van der Waals surface area contributed by atoms with Crippen LogP contribution >= 0.6 is 0 Å². The van der Waals surface area contributed by atoms with Crippen LogP contribution in [-0.4, -0.2) is 24.8 Å². The lowest BCUT2D eigenvalue weighted by Crippen LogP contribution is -2.08. The average Bonchev–Trinajstić information content (AvgIpc) is 2.20. The number of ether oxygens (including phenoxy) is 2. The zero-order valence-corrected chi connectivity index (χ0v) is 8.40. The van der Waals surface area contributed by atoms with Gasteiger partial charge in [0.1, 0.15) is 6.61 Å². The topological polar surface area (TPSA) is 57.4 Å². The van der Waals surface area contributed by atoms with E-state index in [-0.39, 0.29) is 0 Å². The van der Waals surface area contributed by atoms with Crippen LogP contribution in [-0.2, 0) is 4.74 Å². The summed E-state index contributed by atoms with van der Waals surface area (Å²) >= 11 is 0. The van der Waals surface area contributed by atoms with E-state index in [1.54, 1.807) is 18.3 Å². The van der Waals surface area contributed by atoms with E-state index in [2.05, 4.69) is 11.9 Å². The van der Waals surface area contributed by atoms with Crippen molar-refractivity contribution in [3.8, 4) is 5.75 Å². The van der Waals surface area contributed by atoms with Crippen molar-refractivity contribution in [2.24, 2.45) is 0 Å². The SMILES string of the molecule is CCCOCCOc1cccnc1N. The summed E-state index contributed by atoms with van der Waals surface area (Å²) in [5.41, 5.74) is 5.58. The zero-order chi connectivity index (χ0) is 10.2. The highest BCUT2D eigenvalue weighted by molar-refractivity contribution is 5.44. The van der Waals surface area contributed by atoms with Gasteiger partial charge in [-0.25, -0.2) is 4.98 Å². The first-order chi connectivity index (χ1) is 6.84. The third-order valence-electron chi connectivity index (χ3n) is 1.63. The predicted molar refractivity (Wildman–Crippen MR) is 55.3 cm³/mol. The minimum atomic E-state index is 0.419. The summed E-state index contributed by atoms with van der Waals surface area (Å²) < 4.78 is 10.6. The van der Waals surface area contributed by atoms with Gasteiger partial charge in [0, 0.05) is 12.8 Å². The van der Waals surface area contributed by atoms with Gasteiger partial charge in [0.05, 0.1) is 6.61 Å². The van der Waals surface area contributed by atoms with E-state index in [1.807, 2.05) is 0 Å². The number of hydrogen-bond acceptors (Lipinski definition) is 4. The van der Waals surface area contributed by atoms with Crippen LogP contribution in [0.5, 0.6) is 5.75 Å². The molecule has 1 heterocycles. The highest BCUT2D eigenvalue weighted by Gasteiger charge is 1.98. The molecule has 0 radical (unpaired) electrons. The van der Waals surface area contributed by atoms with Gasteiger partial charge in [0.2, 0.25) is 0 Å². The lowest BCUT2D eigenvalue weighted by atomic mass is 10.4. The number of pyridine rings is 1. The summed E-state index contributed by atoms with van der Waals surface area (Å²) in [5.74, 6) is 1.04. The van der Waals surface area contributed by atoms with Gasteiger partial charge in [-0.2, -0.15) is 0 Å². The molecule has 0 amide bonds. The van der Waals surface area contributed by atoms with Crippen LogP contribution in [0.3, 0.4) is 0 Å². The van der Waals surface area contributed by atoms with Crippen molar-refractivity contribution >= 4 is 5.82 Å². The summed E-state index contributed by atoms with van der Waals surface area (Å²) in [4.78, 5) is 3.91. The summed E-state index contributed by atoms with van der Waals surface area (Å²) in [6.07, 6.45) is 2.66. The van der Waals surface area contributed by atoms with Crippen molar-refractivity contribution in [1.29, 1.82) is 0 Å². The van der Waals surface area contributed by atoms with E-state index < -0.39 is 0 Å². The summed E-state index contributed by atoms with van der Waals surface area (Å²) in [5, 5.41) is 0. The normalized spacial score (nSPS) is 10.1. The van der Waals surface area contributed by atoms with Crippen molar-refractivity contribution in [2.45, 2.75) is 13.3 Å². The highest BCUT2D eigenvalue weighted by Crippen LogP contribution is 2.16. The zero-order valence-electron chi connectivity index (χ0n) is 8.40. The number of hydrogen-bond donors (Lipinski definition) is 1. The van der Waals surface area contributed by atoms with Crippen LogP contribution in [0.1, 0.15) is 13.3 Å². The second kappa shape index (κ2) is 6.21. The van der Waals surface area contributed by atoms with Crippen LogP contribution in [0.4, 0.5) is 5.82 Å². The van der Waals surface area contributed by atoms with Gasteiger partial charge in [0.25, 0.3) is 0 Å². The van der Waals surface area contributed by atoms with Gasteiger partial charge in [-0.1, -0.05) is 6.92 Å². The molecule has 0 spiro atoms. The molecule has 1 aromatic heterocycles. The van der Waals surface area contributed by atoms with Crippen LogP contribution in [0.15, 0.2) is 18.3 Å². The Labute approximate surface area is 84.0 Å². The van der Waals surface area contributed by atoms with Crippen molar-refractivity contribution in [1.82, 2.24) is 4.98 Å². The molecule has 0 saturated carbocycles. The quantitative estimate of drug-likeness (QED) is 0.700. The fourth-order valence-corrected chi connectivity index (χ4v) is 0.982. The van der Waals surface area contributed by atoms with E-state index in [4.69, 9.17) is 15.2 Å². The number of nitrogen functional groups attached to an aromatic ring is 1. The molecule has 0 unspecified atom stereocenters. The smallest absolute Gasteiger partial charge is 0.166 e. The monoisotopic (exact) mass is 196 g/mol. The van der Waals surface area contributed by atoms with Gasteiger partial charge in [-0.15, -0.1) is 0 Å². The molecule has 1 rings (SSSR count). The lowest BCUT2D eigenvalue weighted by Gasteiger charge is -2.07. The first-order valence-corrected chi connectivity index (χ1v) is 4.75. The first kappa shape index (κ1) is 10.8. The first-order valence-electron chi connectivity index (χ1n) is 4.75. The lowest BCUT2D eigenvalue weighted by molar-refractivity contribution is 0.101. The van der Waals surface area contributed by atoms with E-state index in [0.29, 0.717) is 24.8 Å². The number of nitrogens with zero attached hydrogens (tertiary/aromatic N) is 1. The van der Waals surface area contributed by atoms with Crippen molar-refractivity contribution < 1.29 is 9.47 Å². The Bertz CT molecular complexity index is 266. The van der Waals surface area contributed by atoms with Crippen LogP contribution in [0.25, 0.3) is 0 Å². The second-order valence-corrected chi connectivity index (χ2v) is 2.85. The van der Waals surface area contributed by atoms with Crippen molar-refractivity contribution in [3.63, 3.8) is 0 Å². The second-order valence-electron chi connectivity index (χ2n) is 2.85. The fourth-order valence-electron chi connectivity index (χ4n) is 0.982. The maximum absolute atomic E-state index is 5.58. The maximum atomic E-state index is 5.58. The number of anilines is 1. The molecule has 1 aromatic rings. The van der Waals surface area contributed by atoms with Gasteiger partial charge < -0.3 is 15.2 Å². The number of nitrogens with two attached hydrogens (primary N) is 1. The van der Waals surface area contributed by atoms with E-state index >= 15 is 0 Å². The largest absolute Gasteiger partial charge is 0.487 e. The Morgan fingerprint density at radius 3 is 2.93 bits per heavy atom. The van der Waals surface area contributed by atoms with Gasteiger partial charge >= 0.3 is 0 Å². The standard InChI is InChI=1S/C10H16N2O2/c1-2-6-13-7-8-14-9-4-3-5-12-10(9)11/h3-5H,2,6-8H2,1H3,(H2,11,12). The minimum absolute atomic E-state index is 0.419. The third kappa shape index (κ3) is 3.62. The summed E-state index contributed by atoms with van der Waals surface area (Å²) in [7, 11) is 0. The molecule has 0 aliphatic heterocycles. The molecule has 0 aliphatic carbocycles. The molecule has 2 N–H and O–H groups in total. The molecule has 0 atom stereocenters. The Hall–Kier alpha value is -1.29. The third-order valence-corrected chi connectivity index (χ3v) is 1.63. The molecule has 4 heteroatoms. The Morgan fingerprint density at radius 1 is 1.36 bits per heavy atom.